The molecule has 0 unspecified atom stereocenters. The highest BCUT2D eigenvalue weighted by Crippen LogP contribution is 2.25. The summed E-state index contributed by atoms with van der Waals surface area (Å²) >= 11 is 1.20. The highest BCUT2D eigenvalue weighted by atomic mass is 32.1. The van der Waals surface area contributed by atoms with Crippen LogP contribution in [-0.2, 0) is 9.53 Å². The molecule has 0 radical (unpaired) electrons. The third-order valence-electron chi connectivity index (χ3n) is 4.22. The number of benzene rings is 1. The first-order chi connectivity index (χ1) is 13.8. The van der Waals surface area contributed by atoms with Gasteiger partial charge in [0.2, 0.25) is 0 Å². The number of ketones is 1. The Morgan fingerprint density at radius 2 is 1.90 bits per heavy atom. The van der Waals surface area contributed by atoms with Gasteiger partial charge < -0.3 is 9.72 Å². The van der Waals surface area contributed by atoms with Crippen molar-refractivity contribution >= 4 is 34.1 Å². The summed E-state index contributed by atoms with van der Waals surface area (Å²) in [5.41, 5.74) is 2.96. The molecule has 0 bridgehead atoms. The highest BCUT2D eigenvalue weighted by molar-refractivity contribution is 7.14. The third kappa shape index (κ3) is 4.57. The first-order valence-electron chi connectivity index (χ1n) is 8.64. The smallest absolute Gasteiger partial charge is 0.355 e. The molecule has 2 N–H and O–H groups in total. The number of nitrogens with one attached hydrogen (secondary N) is 2. The molecule has 0 aliphatic carbocycles. The first-order valence-corrected chi connectivity index (χ1v) is 9.52. The number of anilines is 1. The second-order valence-corrected chi connectivity index (χ2v) is 7.21. The van der Waals surface area contributed by atoms with Crippen molar-refractivity contribution in [2.24, 2.45) is 0 Å². The number of aromatic nitrogens is 2. The van der Waals surface area contributed by atoms with Crippen LogP contribution in [0, 0.1) is 19.7 Å². The second-order valence-electron chi connectivity index (χ2n) is 6.35. The molecule has 0 aliphatic heterocycles. The number of carbonyl (C=O) groups is 3. The van der Waals surface area contributed by atoms with Gasteiger partial charge in [-0.3, -0.25) is 14.9 Å². The molecule has 150 valence electrons. The van der Waals surface area contributed by atoms with Crippen molar-refractivity contribution in [1.29, 1.82) is 0 Å². The Labute approximate surface area is 169 Å². The van der Waals surface area contributed by atoms with Crippen LogP contribution < -0.4 is 5.32 Å². The summed E-state index contributed by atoms with van der Waals surface area (Å²) in [5, 5.41) is 4.61. The van der Waals surface area contributed by atoms with E-state index in [2.05, 4.69) is 15.3 Å². The van der Waals surface area contributed by atoms with Crippen LogP contribution in [0.1, 0.15) is 39.0 Å². The molecule has 0 saturated carbocycles. The lowest BCUT2D eigenvalue weighted by Crippen LogP contribution is -2.21. The summed E-state index contributed by atoms with van der Waals surface area (Å²) in [6.45, 7) is 4.25. The zero-order valence-corrected chi connectivity index (χ0v) is 16.8. The molecule has 1 amide bonds. The molecule has 0 saturated heterocycles. The number of amides is 1. The van der Waals surface area contributed by atoms with Crippen molar-refractivity contribution < 1.29 is 23.5 Å². The highest BCUT2D eigenvalue weighted by Gasteiger charge is 2.21. The molecule has 0 atom stereocenters. The molecule has 0 aliphatic rings. The normalized spacial score (nSPS) is 10.6. The van der Waals surface area contributed by atoms with Crippen molar-refractivity contribution in [2.75, 3.05) is 11.9 Å². The minimum atomic E-state index is -0.723. The molecule has 2 heterocycles. The summed E-state index contributed by atoms with van der Waals surface area (Å²) in [7, 11) is 0. The predicted octanol–water partition coefficient (Wildman–Crippen LogP) is 3.89. The van der Waals surface area contributed by atoms with E-state index in [0.717, 1.165) is 0 Å². The topological polar surface area (TPSA) is 101 Å². The fourth-order valence-electron chi connectivity index (χ4n) is 2.93. The number of ether oxygens (including phenoxy) is 1. The van der Waals surface area contributed by atoms with E-state index in [1.54, 1.807) is 31.4 Å². The van der Waals surface area contributed by atoms with Crippen LogP contribution in [0.3, 0.4) is 0 Å². The minimum Gasteiger partial charge on any atom is -0.451 e. The number of hydrogen-bond acceptors (Lipinski definition) is 6. The largest absolute Gasteiger partial charge is 0.451 e. The fraction of sp³-hybridized carbons (Fsp3) is 0.200. The van der Waals surface area contributed by atoms with Crippen molar-refractivity contribution in [2.45, 2.75) is 20.8 Å². The molecule has 0 spiro atoms. The number of nitrogens with zero attached hydrogens (tertiary/aromatic N) is 1. The molecule has 1 aromatic carbocycles. The van der Waals surface area contributed by atoms with Gasteiger partial charge in [0.1, 0.15) is 11.5 Å². The zero-order valence-electron chi connectivity index (χ0n) is 16.0. The number of halogens is 1. The maximum atomic E-state index is 13.0. The molecule has 9 heteroatoms. The Morgan fingerprint density at radius 1 is 1.21 bits per heavy atom. The Morgan fingerprint density at radius 3 is 2.52 bits per heavy atom. The van der Waals surface area contributed by atoms with Crippen molar-refractivity contribution in [3.05, 3.63) is 58.0 Å². The molecule has 29 heavy (non-hydrogen) atoms. The van der Waals surface area contributed by atoms with Crippen molar-refractivity contribution in [1.82, 2.24) is 9.97 Å². The van der Waals surface area contributed by atoms with Crippen LogP contribution in [0.25, 0.3) is 11.3 Å². The van der Waals surface area contributed by atoms with Crippen LogP contribution in [0.15, 0.2) is 29.6 Å². The van der Waals surface area contributed by atoms with Gasteiger partial charge in [0, 0.05) is 22.2 Å². The van der Waals surface area contributed by atoms with Crippen molar-refractivity contribution in [3.8, 4) is 11.3 Å². The van der Waals surface area contributed by atoms with Crippen LogP contribution >= 0.6 is 11.3 Å². The van der Waals surface area contributed by atoms with Crippen LogP contribution in [0.5, 0.6) is 0 Å². The first kappa shape index (κ1) is 20.4. The lowest BCUT2D eigenvalue weighted by Gasteiger charge is -2.04. The van der Waals surface area contributed by atoms with E-state index in [-0.39, 0.29) is 17.3 Å². The molecule has 0 fully saturated rings. The van der Waals surface area contributed by atoms with E-state index in [1.165, 1.54) is 30.4 Å². The van der Waals surface area contributed by atoms with E-state index in [0.29, 0.717) is 33.2 Å². The van der Waals surface area contributed by atoms with Gasteiger partial charge in [0.15, 0.2) is 17.5 Å². The number of hydrogen-bond donors (Lipinski definition) is 2. The second kappa shape index (κ2) is 8.36. The zero-order chi connectivity index (χ0) is 21.1. The molecule has 2 aromatic heterocycles. The summed E-state index contributed by atoms with van der Waals surface area (Å²) in [6, 6.07) is 5.84. The summed E-state index contributed by atoms with van der Waals surface area (Å²) in [4.78, 5) is 43.1. The van der Waals surface area contributed by atoms with E-state index in [1.807, 2.05) is 0 Å². The van der Waals surface area contributed by atoms with Gasteiger partial charge in [0.25, 0.3) is 5.91 Å². The van der Waals surface area contributed by atoms with Gasteiger partial charge in [0.05, 0.1) is 5.69 Å². The Kier molecular flexibility index (Phi) is 5.88. The molecule has 3 rings (SSSR count). The monoisotopic (exact) mass is 415 g/mol. The van der Waals surface area contributed by atoms with E-state index >= 15 is 0 Å². The third-order valence-corrected chi connectivity index (χ3v) is 4.98. The molecule has 7 nitrogen and oxygen atoms in total. The quantitative estimate of drug-likeness (QED) is 0.470. The number of esters is 1. The number of H-pyrrole nitrogens is 1. The number of rotatable bonds is 6. The minimum absolute atomic E-state index is 0.147. The van der Waals surface area contributed by atoms with Crippen LogP contribution in [-0.4, -0.2) is 34.2 Å². The van der Waals surface area contributed by atoms with Gasteiger partial charge in [-0.25, -0.2) is 14.2 Å². The van der Waals surface area contributed by atoms with Crippen LogP contribution in [0.2, 0.25) is 0 Å². The lowest BCUT2D eigenvalue weighted by atomic mass is 10.1. The SMILES string of the molecule is CC(=O)c1c(C)[nH]c(C(=O)OCC(=O)Nc2nc(-c3ccc(F)cc3)cs2)c1C. The number of carbonyl (C=O) groups excluding carboxylic acids is 3. The number of aromatic amines is 1. The molecular formula is C20H18FN3O4S. The Bertz CT molecular complexity index is 1090. The maximum absolute atomic E-state index is 13.0. The summed E-state index contributed by atoms with van der Waals surface area (Å²) in [5.74, 6) is -1.78. The summed E-state index contributed by atoms with van der Waals surface area (Å²) in [6.07, 6.45) is 0. The predicted molar refractivity (Wildman–Crippen MR) is 107 cm³/mol. The fourth-order valence-corrected chi connectivity index (χ4v) is 3.66. The van der Waals surface area contributed by atoms with Gasteiger partial charge in [-0.05, 0) is 50.6 Å². The van der Waals surface area contributed by atoms with Crippen LogP contribution in [0.4, 0.5) is 9.52 Å². The molecule has 3 aromatic rings. The number of Topliss-reactive ketones (excluding diaryl/α,β-unsaturated/α-hetero) is 1. The number of thiazole rings is 1. The Hall–Kier alpha value is -3.33. The van der Waals surface area contributed by atoms with Gasteiger partial charge in [-0.1, -0.05) is 0 Å². The van der Waals surface area contributed by atoms with Crippen molar-refractivity contribution in [3.63, 3.8) is 0 Å². The molecular weight excluding hydrogens is 397 g/mol. The van der Waals surface area contributed by atoms with Gasteiger partial charge in [-0.2, -0.15) is 0 Å². The summed E-state index contributed by atoms with van der Waals surface area (Å²) < 4.78 is 18.0. The average molecular weight is 415 g/mol. The van der Waals surface area contributed by atoms with Gasteiger partial charge >= 0.3 is 5.97 Å². The van der Waals surface area contributed by atoms with Gasteiger partial charge in [-0.15, -0.1) is 11.3 Å². The van der Waals surface area contributed by atoms with E-state index in [4.69, 9.17) is 4.74 Å². The standard InChI is InChI=1S/C20H18FN3O4S/c1-10-17(12(3)25)11(2)22-18(10)19(27)28-8-16(26)24-20-23-15(9-29-20)13-4-6-14(21)7-5-13/h4-7,9,22H,8H2,1-3H3,(H,23,24,26). The lowest BCUT2D eigenvalue weighted by molar-refractivity contribution is -0.119. The average Bonchev–Trinajstić information content (AvgIpc) is 3.24. The number of aryl methyl sites for hydroxylation is 1. The van der Waals surface area contributed by atoms with E-state index < -0.39 is 18.5 Å². The van der Waals surface area contributed by atoms with E-state index in [9.17, 15) is 18.8 Å². The Balaban J connectivity index is 1.59. The maximum Gasteiger partial charge on any atom is 0.355 e.